The molecule has 1 atom stereocenters. The van der Waals surface area contributed by atoms with Crippen molar-refractivity contribution in [1.82, 2.24) is 5.32 Å². The summed E-state index contributed by atoms with van der Waals surface area (Å²) in [5.41, 5.74) is 0.422. The third kappa shape index (κ3) is 4.38. The Morgan fingerprint density at radius 3 is 2.72 bits per heavy atom. The van der Waals surface area contributed by atoms with E-state index >= 15 is 0 Å². The van der Waals surface area contributed by atoms with Crippen LogP contribution in [0.5, 0.6) is 0 Å². The summed E-state index contributed by atoms with van der Waals surface area (Å²) in [6.07, 6.45) is 1.79. The molecule has 1 aromatic carbocycles. The maximum Gasteiger partial charge on any atom is 0.251 e. The van der Waals surface area contributed by atoms with Crippen molar-refractivity contribution in [2.75, 3.05) is 5.33 Å². The highest BCUT2D eigenvalue weighted by atomic mass is 127. The summed E-state index contributed by atoms with van der Waals surface area (Å²) in [5.74, 6) is -0.0707. The van der Waals surface area contributed by atoms with E-state index in [-0.39, 0.29) is 11.4 Å². The van der Waals surface area contributed by atoms with E-state index < -0.39 is 0 Å². The van der Waals surface area contributed by atoms with Crippen molar-refractivity contribution in [1.29, 1.82) is 0 Å². The first kappa shape index (κ1) is 16.2. The van der Waals surface area contributed by atoms with Crippen molar-refractivity contribution >= 4 is 56.0 Å². The third-order valence-electron chi connectivity index (χ3n) is 3.02. The van der Waals surface area contributed by atoms with Crippen LogP contribution in [0.2, 0.25) is 5.02 Å². The van der Waals surface area contributed by atoms with E-state index in [0.717, 1.165) is 21.7 Å². The lowest BCUT2D eigenvalue weighted by molar-refractivity contribution is 0.0902. The normalized spacial score (nSPS) is 14.1. The molecule has 1 amide bonds. The van der Waals surface area contributed by atoms with Gasteiger partial charge in [0.25, 0.3) is 5.91 Å². The molecule has 0 spiro atoms. The molecule has 2 nitrogen and oxygen atoms in total. The molecule has 0 aromatic heterocycles. The lowest BCUT2D eigenvalue weighted by atomic mass is 9.95. The first-order valence-corrected chi connectivity index (χ1v) is 8.33. The summed E-state index contributed by atoms with van der Waals surface area (Å²) in [4.78, 5) is 12.2. The molecule has 0 radical (unpaired) electrons. The van der Waals surface area contributed by atoms with Crippen molar-refractivity contribution in [3.05, 3.63) is 32.4 Å². The zero-order chi connectivity index (χ0) is 13.8. The highest BCUT2D eigenvalue weighted by molar-refractivity contribution is 14.1. The van der Waals surface area contributed by atoms with Crippen LogP contribution in [-0.2, 0) is 0 Å². The Bertz CT molecular complexity index is 441. The molecule has 0 heterocycles. The molecule has 5 heteroatoms. The molecule has 0 aliphatic rings. The highest BCUT2D eigenvalue weighted by Crippen LogP contribution is 2.21. The molecule has 1 rings (SSSR count). The Morgan fingerprint density at radius 2 is 2.22 bits per heavy atom. The van der Waals surface area contributed by atoms with Crippen LogP contribution < -0.4 is 5.32 Å². The van der Waals surface area contributed by atoms with Gasteiger partial charge < -0.3 is 5.32 Å². The Kier molecular flexibility index (Phi) is 6.41. The number of alkyl halides is 1. The predicted molar refractivity (Wildman–Crippen MR) is 88.7 cm³/mol. The van der Waals surface area contributed by atoms with Crippen LogP contribution in [0.25, 0.3) is 0 Å². The van der Waals surface area contributed by atoms with Gasteiger partial charge in [-0.25, -0.2) is 0 Å². The zero-order valence-corrected chi connectivity index (χ0v) is 14.9. The van der Waals surface area contributed by atoms with E-state index in [9.17, 15) is 4.79 Å². The van der Waals surface area contributed by atoms with E-state index in [0.29, 0.717) is 10.6 Å². The topological polar surface area (TPSA) is 29.1 Å². The van der Waals surface area contributed by atoms with Gasteiger partial charge in [-0.2, -0.15) is 0 Å². The second-order valence-corrected chi connectivity index (χ2v) is 6.80. The van der Waals surface area contributed by atoms with Gasteiger partial charge in [-0.3, -0.25) is 4.79 Å². The van der Waals surface area contributed by atoms with Crippen LogP contribution in [0.4, 0.5) is 0 Å². The second kappa shape index (κ2) is 7.10. The van der Waals surface area contributed by atoms with Gasteiger partial charge in [0.15, 0.2) is 0 Å². The third-order valence-corrected chi connectivity index (χ3v) is 4.99. The van der Waals surface area contributed by atoms with E-state index in [1.165, 1.54) is 0 Å². The smallest absolute Gasteiger partial charge is 0.251 e. The van der Waals surface area contributed by atoms with Crippen molar-refractivity contribution in [3.63, 3.8) is 0 Å². The fraction of sp³-hybridized carbons (Fsp3) is 0.462. The number of carbonyl (C=O) groups excluding carboxylic acids is 1. The van der Waals surface area contributed by atoms with Crippen LogP contribution in [0.15, 0.2) is 18.2 Å². The average molecular weight is 445 g/mol. The Balaban J connectivity index is 2.84. The number of hydrogen-bond donors (Lipinski definition) is 1. The van der Waals surface area contributed by atoms with Gasteiger partial charge in [0.2, 0.25) is 0 Å². The van der Waals surface area contributed by atoms with Gasteiger partial charge in [-0.1, -0.05) is 34.5 Å². The predicted octanol–water partition coefficient (Wildman–Crippen LogP) is 4.63. The number of nitrogens with one attached hydrogen (secondary N) is 1. The fourth-order valence-electron chi connectivity index (χ4n) is 1.52. The van der Waals surface area contributed by atoms with E-state index in [4.69, 9.17) is 11.6 Å². The van der Waals surface area contributed by atoms with E-state index in [2.05, 4.69) is 57.7 Å². The van der Waals surface area contributed by atoms with Crippen molar-refractivity contribution in [3.8, 4) is 0 Å². The summed E-state index contributed by atoms with van der Waals surface area (Å²) >= 11 is 11.6. The number of benzene rings is 1. The lowest BCUT2D eigenvalue weighted by Crippen LogP contribution is -2.45. The largest absolute Gasteiger partial charge is 0.347 e. The quantitative estimate of drug-likeness (QED) is 0.521. The second-order valence-electron chi connectivity index (χ2n) is 4.44. The van der Waals surface area contributed by atoms with Gasteiger partial charge in [0.05, 0.1) is 5.02 Å². The maximum absolute atomic E-state index is 12.2. The maximum atomic E-state index is 12.2. The standard InChI is InChI=1S/C13H16BrClINO/c1-3-13(2,6-7-14)17-12(18)9-4-5-11(16)10(15)8-9/h4-5,8H,3,6-7H2,1-2H3,(H,17,18). The molecule has 0 saturated carbocycles. The molecule has 0 aliphatic carbocycles. The van der Waals surface area contributed by atoms with Crippen molar-refractivity contribution in [2.24, 2.45) is 0 Å². The molecule has 0 bridgehead atoms. The van der Waals surface area contributed by atoms with Crippen LogP contribution in [0.1, 0.15) is 37.0 Å². The molecule has 0 saturated heterocycles. The minimum atomic E-state index is -0.184. The monoisotopic (exact) mass is 443 g/mol. The molecule has 0 aliphatic heterocycles. The molecule has 1 unspecified atom stereocenters. The first-order valence-electron chi connectivity index (χ1n) is 5.75. The van der Waals surface area contributed by atoms with Gasteiger partial charge in [0, 0.05) is 20.0 Å². The average Bonchev–Trinajstić information content (AvgIpc) is 2.32. The minimum Gasteiger partial charge on any atom is -0.347 e. The van der Waals surface area contributed by atoms with Crippen LogP contribution in [0, 0.1) is 3.57 Å². The Morgan fingerprint density at radius 1 is 1.56 bits per heavy atom. The van der Waals surface area contributed by atoms with Gasteiger partial charge in [-0.15, -0.1) is 0 Å². The number of carbonyl (C=O) groups is 1. The Labute approximate surface area is 135 Å². The SMILES string of the molecule is CCC(C)(CCBr)NC(=O)c1ccc(I)c(Cl)c1. The number of halogens is 3. The molecule has 1 N–H and O–H groups in total. The summed E-state index contributed by atoms with van der Waals surface area (Å²) in [6.45, 7) is 4.13. The van der Waals surface area contributed by atoms with E-state index in [1.54, 1.807) is 12.1 Å². The molecule has 0 fully saturated rings. The summed E-state index contributed by atoms with van der Waals surface area (Å²) < 4.78 is 0.949. The van der Waals surface area contributed by atoms with E-state index in [1.807, 2.05) is 6.07 Å². The number of rotatable bonds is 5. The van der Waals surface area contributed by atoms with Gasteiger partial charge in [-0.05, 0) is 60.6 Å². The van der Waals surface area contributed by atoms with Crippen molar-refractivity contribution < 1.29 is 4.79 Å². The summed E-state index contributed by atoms with van der Waals surface area (Å²) in [5, 5.41) is 4.56. The summed E-state index contributed by atoms with van der Waals surface area (Å²) in [6, 6.07) is 5.36. The van der Waals surface area contributed by atoms with Crippen LogP contribution >= 0.6 is 50.1 Å². The molecule has 1 aromatic rings. The number of amides is 1. The highest BCUT2D eigenvalue weighted by Gasteiger charge is 2.24. The van der Waals surface area contributed by atoms with Crippen molar-refractivity contribution in [2.45, 2.75) is 32.2 Å². The lowest BCUT2D eigenvalue weighted by Gasteiger charge is -2.29. The van der Waals surface area contributed by atoms with Crippen LogP contribution in [0.3, 0.4) is 0 Å². The van der Waals surface area contributed by atoms with Gasteiger partial charge >= 0.3 is 0 Å². The fourth-order valence-corrected chi connectivity index (χ4v) is 2.91. The number of hydrogen-bond acceptors (Lipinski definition) is 1. The molecule has 100 valence electrons. The Hall–Kier alpha value is 0.190. The molecule has 18 heavy (non-hydrogen) atoms. The first-order chi connectivity index (χ1) is 8.41. The molecular formula is C13H16BrClINO. The minimum absolute atomic E-state index is 0.0707. The van der Waals surface area contributed by atoms with Crippen LogP contribution in [-0.4, -0.2) is 16.8 Å². The zero-order valence-electron chi connectivity index (χ0n) is 10.4. The summed E-state index contributed by atoms with van der Waals surface area (Å²) in [7, 11) is 0. The van der Waals surface area contributed by atoms with Gasteiger partial charge in [0.1, 0.15) is 0 Å². The molecular weight excluding hydrogens is 428 g/mol.